The SMILES string of the molecule is O=C(O)Nc1ccccc1N1CCCC1.O=[N+]([O-])c1ccccc1. The second kappa shape index (κ2) is 8.52. The Morgan fingerprint density at radius 3 is 2.17 bits per heavy atom. The highest BCUT2D eigenvalue weighted by Gasteiger charge is 2.15. The van der Waals surface area contributed by atoms with Gasteiger partial charge >= 0.3 is 6.09 Å². The Morgan fingerprint density at radius 1 is 1.04 bits per heavy atom. The van der Waals surface area contributed by atoms with Crippen molar-refractivity contribution in [2.45, 2.75) is 12.8 Å². The molecule has 0 bridgehead atoms. The van der Waals surface area contributed by atoms with E-state index in [2.05, 4.69) is 10.2 Å². The van der Waals surface area contributed by atoms with Crippen molar-refractivity contribution in [2.24, 2.45) is 0 Å². The molecular formula is C17H19N3O4. The third kappa shape index (κ3) is 4.98. The summed E-state index contributed by atoms with van der Waals surface area (Å²) in [6.07, 6.45) is 1.35. The van der Waals surface area contributed by atoms with Gasteiger partial charge in [0.1, 0.15) is 0 Å². The fourth-order valence-corrected chi connectivity index (χ4v) is 2.48. The zero-order chi connectivity index (χ0) is 17.4. The van der Waals surface area contributed by atoms with Crippen LogP contribution in [0.1, 0.15) is 12.8 Å². The first-order valence-electron chi connectivity index (χ1n) is 7.61. The molecule has 1 heterocycles. The van der Waals surface area contributed by atoms with Gasteiger partial charge in [-0.2, -0.15) is 0 Å². The highest BCUT2D eigenvalue weighted by Crippen LogP contribution is 2.28. The number of hydrogen-bond acceptors (Lipinski definition) is 4. The second-order valence-electron chi connectivity index (χ2n) is 5.23. The molecule has 126 valence electrons. The number of amides is 1. The molecule has 1 amide bonds. The smallest absolute Gasteiger partial charge is 0.409 e. The summed E-state index contributed by atoms with van der Waals surface area (Å²) < 4.78 is 0. The predicted molar refractivity (Wildman–Crippen MR) is 92.6 cm³/mol. The lowest BCUT2D eigenvalue weighted by Crippen LogP contribution is -2.20. The molecule has 0 spiro atoms. The molecule has 1 aliphatic heterocycles. The van der Waals surface area contributed by atoms with Crippen molar-refractivity contribution in [3.63, 3.8) is 0 Å². The fraction of sp³-hybridized carbons (Fsp3) is 0.235. The zero-order valence-electron chi connectivity index (χ0n) is 13.1. The maximum absolute atomic E-state index is 10.6. The van der Waals surface area contributed by atoms with Gasteiger partial charge in [-0.25, -0.2) is 4.79 Å². The van der Waals surface area contributed by atoms with Crippen molar-refractivity contribution < 1.29 is 14.8 Å². The van der Waals surface area contributed by atoms with Crippen LogP contribution in [0.3, 0.4) is 0 Å². The number of nitrogens with one attached hydrogen (secondary N) is 1. The van der Waals surface area contributed by atoms with Gasteiger partial charge in [-0.05, 0) is 25.0 Å². The van der Waals surface area contributed by atoms with Crippen molar-refractivity contribution in [2.75, 3.05) is 23.3 Å². The highest BCUT2D eigenvalue weighted by molar-refractivity contribution is 5.88. The van der Waals surface area contributed by atoms with E-state index in [1.165, 1.54) is 25.0 Å². The van der Waals surface area contributed by atoms with Gasteiger partial charge in [0.05, 0.1) is 16.3 Å². The van der Waals surface area contributed by atoms with Gasteiger partial charge in [0, 0.05) is 25.2 Å². The average Bonchev–Trinajstić information content (AvgIpc) is 3.10. The maximum Gasteiger partial charge on any atom is 0.409 e. The van der Waals surface area contributed by atoms with Crippen LogP contribution in [0.4, 0.5) is 21.9 Å². The van der Waals surface area contributed by atoms with E-state index in [0.717, 1.165) is 18.8 Å². The first-order valence-corrected chi connectivity index (χ1v) is 7.61. The molecule has 0 unspecified atom stereocenters. The lowest BCUT2D eigenvalue weighted by Gasteiger charge is -2.20. The number of para-hydroxylation sites is 3. The molecule has 7 heteroatoms. The number of non-ortho nitro benzene ring substituents is 1. The Hall–Kier alpha value is -3.09. The molecule has 2 aromatic carbocycles. The van der Waals surface area contributed by atoms with Gasteiger partial charge in [-0.15, -0.1) is 0 Å². The molecule has 2 N–H and O–H groups in total. The van der Waals surface area contributed by atoms with Gasteiger partial charge in [-0.3, -0.25) is 15.4 Å². The van der Waals surface area contributed by atoms with Crippen LogP contribution in [0.15, 0.2) is 54.6 Å². The van der Waals surface area contributed by atoms with Crippen LogP contribution < -0.4 is 10.2 Å². The molecule has 0 saturated carbocycles. The monoisotopic (exact) mass is 329 g/mol. The molecule has 1 saturated heterocycles. The van der Waals surface area contributed by atoms with Crippen LogP contribution >= 0.6 is 0 Å². The van der Waals surface area contributed by atoms with Crippen LogP contribution in [0.5, 0.6) is 0 Å². The Morgan fingerprint density at radius 2 is 1.62 bits per heavy atom. The average molecular weight is 329 g/mol. The van der Waals surface area contributed by atoms with Crippen LogP contribution in [-0.2, 0) is 0 Å². The van der Waals surface area contributed by atoms with E-state index in [-0.39, 0.29) is 5.69 Å². The number of carboxylic acid groups (broad SMARTS) is 1. The Labute approximate surface area is 139 Å². The minimum atomic E-state index is -1.01. The Bertz CT molecular complexity index is 685. The molecule has 3 rings (SSSR count). The zero-order valence-corrected chi connectivity index (χ0v) is 13.1. The standard InChI is InChI=1S/C11H14N2O2.C6H5NO2/c14-11(15)12-9-5-1-2-6-10(9)13-7-3-4-8-13;8-7(9)6-4-2-1-3-5-6/h1-2,5-6,12H,3-4,7-8H2,(H,14,15);1-5H. The summed E-state index contributed by atoms with van der Waals surface area (Å²) in [6, 6.07) is 15.5. The predicted octanol–water partition coefficient (Wildman–Crippen LogP) is 3.97. The van der Waals surface area contributed by atoms with E-state index in [4.69, 9.17) is 5.11 Å². The number of nitro benzene ring substituents is 1. The first-order chi connectivity index (χ1) is 11.6. The van der Waals surface area contributed by atoms with Crippen LogP contribution in [-0.4, -0.2) is 29.2 Å². The molecule has 0 aromatic heterocycles. The fourth-order valence-electron chi connectivity index (χ4n) is 2.48. The normalized spacial score (nSPS) is 12.9. The van der Waals surface area contributed by atoms with E-state index in [1.807, 2.05) is 18.2 Å². The Kier molecular flexibility index (Phi) is 6.13. The summed E-state index contributed by atoms with van der Waals surface area (Å²) in [5, 5.41) is 21.1. The third-order valence-electron chi connectivity index (χ3n) is 3.56. The molecule has 0 atom stereocenters. The third-order valence-corrected chi connectivity index (χ3v) is 3.56. The number of rotatable bonds is 3. The molecule has 2 aromatic rings. The highest BCUT2D eigenvalue weighted by atomic mass is 16.6. The Balaban J connectivity index is 0.000000198. The largest absolute Gasteiger partial charge is 0.465 e. The number of nitro groups is 1. The molecule has 0 radical (unpaired) electrons. The van der Waals surface area contributed by atoms with Gasteiger partial charge in [0.15, 0.2) is 0 Å². The topological polar surface area (TPSA) is 95.7 Å². The van der Waals surface area contributed by atoms with E-state index >= 15 is 0 Å². The molecule has 1 fully saturated rings. The molecule has 24 heavy (non-hydrogen) atoms. The van der Waals surface area contributed by atoms with E-state index in [1.54, 1.807) is 24.3 Å². The summed E-state index contributed by atoms with van der Waals surface area (Å²) in [7, 11) is 0. The van der Waals surface area contributed by atoms with Crippen molar-refractivity contribution >= 4 is 23.2 Å². The first kappa shape index (κ1) is 17.3. The number of carbonyl (C=O) groups is 1. The maximum atomic E-state index is 10.6. The van der Waals surface area contributed by atoms with Crippen LogP contribution in [0.2, 0.25) is 0 Å². The summed E-state index contributed by atoms with van der Waals surface area (Å²) in [6.45, 7) is 2.02. The second-order valence-corrected chi connectivity index (χ2v) is 5.23. The van der Waals surface area contributed by atoms with Crippen molar-refractivity contribution in [3.8, 4) is 0 Å². The van der Waals surface area contributed by atoms with Crippen molar-refractivity contribution in [1.29, 1.82) is 0 Å². The van der Waals surface area contributed by atoms with E-state index < -0.39 is 11.0 Å². The lowest BCUT2D eigenvalue weighted by molar-refractivity contribution is -0.384. The molecular weight excluding hydrogens is 310 g/mol. The van der Waals surface area contributed by atoms with E-state index in [0.29, 0.717) is 5.69 Å². The van der Waals surface area contributed by atoms with Gasteiger partial charge in [0.25, 0.3) is 5.69 Å². The number of benzene rings is 2. The van der Waals surface area contributed by atoms with Crippen LogP contribution in [0.25, 0.3) is 0 Å². The number of hydrogen-bond donors (Lipinski definition) is 2. The molecule has 0 aliphatic carbocycles. The number of nitrogens with zero attached hydrogens (tertiary/aromatic N) is 2. The minimum Gasteiger partial charge on any atom is -0.465 e. The number of anilines is 2. The van der Waals surface area contributed by atoms with Crippen molar-refractivity contribution in [3.05, 3.63) is 64.7 Å². The quantitative estimate of drug-likeness (QED) is 0.656. The minimum absolute atomic E-state index is 0.137. The van der Waals surface area contributed by atoms with E-state index in [9.17, 15) is 14.9 Å². The molecule has 7 nitrogen and oxygen atoms in total. The van der Waals surface area contributed by atoms with Gasteiger partial charge in [-0.1, -0.05) is 30.3 Å². The summed E-state index contributed by atoms with van der Waals surface area (Å²) >= 11 is 0. The van der Waals surface area contributed by atoms with Gasteiger partial charge in [0.2, 0.25) is 0 Å². The van der Waals surface area contributed by atoms with Crippen LogP contribution in [0, 0.1) is 10.1 Å². The summed E-state index contributed by atoms with van der Waals surface area (Å²) in [5.41, 5.74) is 1.79. The summed E-state index contributed by atoms with van der Waals surface area (Å²) in [5.74, 6) is 0. The summed E-state index contributed by atoms with van der Waals surface area (Å²) in [4.78, 5) is 22.4. The van der Waals surface area contributed by atoms with Gasteiger partial charge < -0.3 is 10.0 Å². The van der Waals surface area contributed by atoms with Crippen molar-refractivity contribution in [1.82, 2.24) is 0 Å². The lowest BCUT2D eigenvalue weighted by atomic mass is 10.2. The molecule has 1 aliphatic rings.